The van der Waals surface area contributed by atoms with Crippen molar-refractivity contribution in [1.82, 2.24) is 20.3 Å². The van der Waals surface area contributed by atoms with Crippen LogP contribution in [0.15, 0.2) is 22.8 Å². The fourth-order valence-corrected chi connectivity index (χ4v) is 2.58. The molecular formula is C12H11BrF4N4. The second-order valence-electron chi connectivity index (χ2n) is 4.34. The molecule has 9 heteroatoms. The summed E-state index contributed by atoms with van der Waals surface area (Å²) in [5.41, 5.74) is -0.612. The molecule has 114 valence electrons. The van der Waals surface area contributed by atoms with Gasteiger partial charge in [-0.3, -0.25) is 0 Å². The molecular weight excluding hydrogens is 356 g/mol. The highest BCUT2D eigenvalue weighted by molar-refractivity contribution is 9.10. The van der Waals surface area contributed by atoms with Crippen molar-refractivity contribution >= 4 is 15.9 Å². The van der Waals surface area contributed by atoms with Gasteiger partial charge in [-0.15, -0.1) is 5.10 Å². The Morgan fingerprint density at radius 3 is 2.48 bits per heavy atom. The second kappa shape index (κ2) is 5.72. The van der Waals surface area contributed by atoms with E-state index in [4.69, 9.17) is 0 Å². The number of benzene rings is 1. The maximum Gasteiger partial charge on any atom is 0.416 e. The molecule has 1 aromatic carbocycles. The number of rotatable bonds is 3. The minimum Gasteiger partial charge on any atom is -0.308 e. The first kappa shape index (κ1) is 15.9. The zero-order chi connectivity index (χ0) is 15.8. The van der Waals surface area contributed by atoms with Crippen molar-refractivity contribution in [2.45, 2.75) is 12.2 Å². The van der Waals surface area contributed by atoms with Gasteiger partial charge in [0, 0.05) is 12.6 Å². The molecule has 0 spiro atoms. The van der Waals surface area contributed by atoms with Gasteiger partial charge < -0.3 is 5.32 Å². The van der Waals surface area contributed by atoms with E-state index in [9.17, 15) is 17.6 Å². The van der Waals surface area contributed by atoms with Crippen LogP contribution in [0.1, 0.15) is 22.9 Å². The number of aryl methyl sites for hydroxylation is 1. The zero-order valence-electron chi connectivity index (χ0n) is 11.0. The molecule has 1 N–H and O–H groups in total. The molecule has 0 fully saturated rings. The van der Waals surface area contributed by atoms with Crippen molar-refractivity contribution in [3.63, 3.8) is 0 Å². The molecule has 4 nitrogen and oxygen atoms in total. The summed E-state index contributed by atoms with van der Waals surface area (Å²) >= 11 is 3.16. The molecule has 0 aliphatic rings. The number of hydrogen-bond donors (Lipinski definition) is 1. The molecule has 1 unspecified atom stereocenters. The summed E-state index contributed by atoms with van der Waals surface area (Å²) in [6.07, 6.45) is -4.54. The van der Waals surface area contributed by atoms with Crippen molar-refractivity contribution in [2.75, 3.05) is 7.05 Å². The summed E-state index contributed by atoms with van der Waals surface area (Å²) in [5, 5.41) is 10.3. The quantitative estimate of drug-likeness (QED) is 0.849. The predicted molar refractivity (Wildman–Crippen MR) is 71.0 cm³/mol. The Balaban J connectivity index is 2.58. The maximum absolute atomic E-state index is 14.0. The molecule has 21 heavy (non-hydrogen) atoms. The van der Waals surface area contributed by atoms with Crippen LogP contribution < -0.4 is 5.32 Å². The predicted octanol–water partition coefficient (Wildman–Crippen LogP) is 3.04. The highest BCUT2D eigenvalue weighted by atomic mass is 79.9. The monoisotopic (exact) mass is 366 g/mol. The number of nitrogens with zero attached hydrogens (tertiary/aromatic N) is 3. The Labute approximate surface area is 126 Å². The van der Waals surface area contributed by atoms with E-state index in [1.807, 2.05) is 0 Å². The third kappa shape index (κ3) is 3.08. The second-order valence-corrected chi connectivity index (χ2v) is 5.10. The minimum absolute atomic E-state index is 0.126. The molecule has 1 aromatic heterocycles. The average molecular weight is 367 g/mol. The Bertz CT molecular complexity index is 634. The first-order valence-corrected chi connectivity index (χ1v) is 6.64. The summed E-state index contributed by atoms with van der Waals surface area (Å²) in [4.78, 5) is 0. The molecule has 0 aliphatic heterocycles. The summed E-state index contributed by atoms with van der Waals surface area (Å²) in [6, 6.07) is 1.49. The first-order valence-electron chi connectivity index (χ1n) is 5.84. The van der Waals surface area contributed by atoms with Gasteiger partial charge in [-0.25, -0.2) is 9.07 Å². The molecule has 0 aliphatic carbocycles. The maximum atomic E-state index is 14.0. The van der Waals surface area contributed by atoms with Crippen LogP contribution in [0.5, 0.6) is 0 Å². The van der Waals surface area contributed by atoms with Gasteiger partial charge in [-0.05, 0) is 41.2 Å². The number of nitrogens with one attached hydrogen (secondary N) is 1. The highest BCUT2D eigenvalue weighted by Gasteiger charge is 2.33. The van der Waals surface area contributed by atoms with Gasteiger partial charge in [0.1, 0.15) is 5.82 Å². The SMILES string of the molecule is CNC(c1cc(C(F)(F)F)ccc1F)c1c(Br)nnn1C. The molecule has 0 radical (unpaired) electrons. The summed E-state index contributed by atoms with van der Waals surface area (Å²) in [7, 11) is 3.09. The van der Waals surface area contributed by atoms with Gasteiger partial charge in [0.25, 0.3) is 0 Å². The Hall–Kier alpha value is -1.48. The summed E-state index contributed by atoms with van der Waals surface area (Å²) in [5.74, 6) is -0.740. The van der Waals surface area contributed by atoms with Crippen molar-refractivity contribution < 1.29 is 17.6 Å². The van der Waals surface area contributed by atoms with Crippen molar-refractivity contribution in [3.05, 3.63) is 45.4 Å². The third-order valence-electron chi connectivity index (χ3n) is 3.02. The molecule has 1 heterocycles. The van der Waals surface area contributed by atoms with E-state index in [2.05, 4.69) is 31.6 Å². The molecule has 0 amide bonds. The summed E-state index contributed by atoms with van der Waals surface area (Å²) in [6.45, 7) is 0. The lowest BCUT2D eigenvalue weighted by Crippen LogP contribution is -2.23. The normalized spacial score (nSPS) is 13.5. The van der Waals surface area contributed by atoms with Crippen LogP contribution in [0.4, 0.5) is 17.6 Å². The number of hydrogen-bond acceptors (Lipinski definition) is 3. The number of aromatic nitrogens is 3. The minimum atomic E-state index is -4.54. The van der Waals surface area contributed by atoms with Crippen molar-refractivity contribution in [2.24, 2.45) is 7.05 Å². The topological polar surface area (TPSA) is 42.7 Å². The van der Waals surface area contributed by atoms with Gasteiger partial charge >= 0.3 is 6.18 Å². The fraction of sp³-hybridized carbons (Fsp3) is 0.333. The molecule has 0 bridgehead atoms. The largest absolute Gasteiger partial charge is 0.416 e. The van der Waals surface area contributed by atoms with Crippen molar-refractivity contribution in [1.29, 1.82) is 0 Å². The van der Waals surface area contributed by atoms with E-state index >= 15 is 0 Å². The standard InChI is InChI=1S/C12H11BrF4N4/c1-18-9(10-11(13)19-20-21(10)2)7-5-6(12(15,16)17)3-4-8(7)14/h3-5,9,18H,1-2H3. The molecule has 0 saturated heterocycles. The van der Waals surface area contributed by atoms with Gasteiger partial charge in [0.2, 0.25) is 0 Å². The zero-order valence-corrected chi connectivity index (χ0v) is 12.6. The van der Waals surface area contributed by atoms with Gasteiger partial charge in [0.05, 0.1) is 17.3 Å². The van der Waals surface area contributed by atoms with E-state index in [0.717, 1.165) is 12.1 Å². The van der Waals surface area contributed by atoms with Gasteiger partial charge in [-0.1, -0.05) is 5.21 Å². The van der Waals surface area contributed by atoms with Crippen LogP contribution in [0, 0.1) is 5.82 Å². The van der Waals surface area contributed by atoms with Gasteiger partial charge in [-0.2, -0.15) is 13.2 Å². The molecule has 2 rings (SSSR count). The van der Waals surface area contributed by atoms with E-state index in [0.29, 0.717) is 16.4 Å². The highest BCUT2D eigenvalue weighted by Crippen LogP contribution is 2.34. The van der Waals surface area contributed by atoms with Crippen LogP contribution in [-0.4, -0.2) is 22.0 Å². The Kier molecular flexibility index (Phi) is 4.33. The van der Waals surface area contributed by atoms with E-state index in [1.165, 1.54) is 11.7 Å². The van der Waals surface area contributed by atoms with Crippen LogP contribution in [0.3, 0.4) is 0 Å². The van der Waals surface area contributed by atoms with Gasteiger partial charge in [0.15, 0.2) is 4.60 Å². The number of halogens is 5. The Morgan fingerprint density at radius 1 is 1.33 bits per heavy atom. The average Bonchev–Trinajstić information content (AvgIpc) is 2.72. The van der Waals surface area contributed by atoms with E-state index in [-0.39, 0.29) is 5.56 Å². The fourth-order valence-electron chi connectivity index (χ4n) is 2.03. The lowest BCUT2D eigenvalue weighted by molar-refractivity contribution is -0.137. The van der Waals surface area contributed by atoms with E-state index < -0.39 is 23.6 Å². The third-order valence-corrected chi connectivity index (χ3v) is 3.59. The molecule has 1 atom stereocenters. The summed E-state index contributed by atoms with van der Waals surface area (Å²) < 4.78 is 54.0. The van der Waals surface area contributed by atoms with Crippen molar-refractivity contribution in [3.8, 4) is 0 Å². The smallest absolute Gasteiger partial charge is 0.308 e. The van der Waals surface area contributed by atoms with Crippen LogP contribution in [-0.2, 0) is 13.2 Å². The van der Waals surface area contributed by atoms with E-state index in [1.54, 1.807) is 7.05 Å². The number of alkyl halides is 3. The first-order chi connectivity index (χ1) is 9.75. The van der Waals surface area contributed by atoms with Crippen LogP contribution >= 0.6 is 15.9 Å². The lowest BCUT2D eigenvalue weighted by atomic mass is 10.0. The van der Waals surface area contributed by atoms with Crippen LogP contribution in [0.25, 0.3) is 0 Å². The lowest BCUT2D eigenvalue weighted by Gasteiger charge is -2.19. The Morgan fingerprint density at radius 2 is 2.00 bits per heavy atom. The molecule has 2 aromatic rings. The molecule has 0 saturated carbocycles. The van der Waals surface area contributed by atoms with Crippen LogP contribution in [0.2, 0.25) is 0 Å².